The van der Waals surface area contributed by atoms with Crippen LogP contribution < -0.4 is 0 Å². The summed E-state index contributed by atoms with van der Waals surface area (Å²) in [5, 5.41) is 8.18. The van der Waals surface area contributed by atoms with Gasteiger partial charge in [-0.05, 0) is 0 Å². The van der Waals surface area contributed by atoms with Crippen LogP contribution in [0.4, 0.5) is 0 Å². The van der Waals surface area contributed by atoms with E-state index in [0.717, 1.165) is 6.42 Å². The van der Waals surface area contributed by atoms with Crippen LogP contribution in [0.1, 0.15) is 6.42 Å². The van der Waals surface area contributed by atoms with Gasteiger partial charge >= 0.3 is 43.9 Å². The molecule has 34 valence electrons. The van der Waals surface area contributed by atoms with Gasteiger partial charge in [-0.1, -0.05) is 0 Å². The summed E-state index contributed by atoms with van der Waals surface area (Å²) >= 11 is 0. The third-order valence-electron chi connectivity index (χ3n) is 1.12. The molecule has 1 rings (SSSR count). The Morgan fingerprint density at radius 2 is 2.29 bits per heavy atom. The normalized spacial score (nSPS) is 35.7. The number of hydrogen-bond acceptors (Lipinski definition) is 1. The van der Waals surface area contributed by atoms with E-state index in [0.29, 0.717) is 5.92 Å². The Morgan fingerprint density at radius 1 is 1.57 bits per heavy atom. The molecule has 0 aromatic rings. The minimum absolute atomic E-state index is 0.234. The first-order chi connectivity index (χ1) is 3.38. The molecule has 0 aromatic heterocycles. The zero-order valence-electron chi connectivity index (χ0n) is 3.76. The Bertz CT molecular complexity index is 132. The molecule has 0 bridgehead atoms. The molecule has 1 aliphatic rings. The Morgan fingerprint density at radius 3 is 2.43 bits per heavy atom. The van der Waals surface area contributed by atoms with Crippen LogP contribution in [0, 0.1) is 28.8 Å². The Balaban J connectivity index is 2.39. The molecule has 2 atom stereocenters. The van der Waals surface area contributed by atoms with Crippen molar-refractivity contribution in [2.24, 2.45) is 11.8 Å². The molecule has 0 unspecified atom stereocenters. The van der Waals surface area contributed by atoms with Crippen LogP contribution in [0.3, 0.4) is 0 Å². The molecule has 0 amide bonds. The Kier molecular flexibility index (Phi) is 1.15. The van der Waals surface area contributed by atoms with Crippen LogP contribution in [-0.4, -0.2) is 0 Å². The fraction of sp³-hybridized carbons (Fsp3) is 0.600. The molecule has 0 spiro atoms. The second-order valence-corrected chi connectivity index (χ2v) is 1.97. The predicted octanol–water partition coefficient (Wildman–Crippen LogP) is 1.52. The SMILES string of the molecule is N#C[C@@H]1C[C@@H]1C#P. The third kappa shape index (κ3) is 0.829. The maximum atomic E-state index is 8.18. The molecule has 0 saturated heterocycles. The summed E-state index contributed by atoms with van der Waals surface area (Å²) < 4.78 is 0. The van der Waals surface area contributed by atoms with Crippen molar-refractivity contribution in [3.05, 3.63) is 0 Å². The van der Waals surface area contributed by atoms with Crippen molar-refractivity contribution in [2.75, 3.05) is 0 Å². The third-order valence-corrected chi connectivity index (χ3v) is 1.45. The Hall–Kier alpha value is -0.300. The summed E-state index contributed by atoms with van der Waals surface area (Å²) in [6.45, 7) is 0. The Labute approximate surface area is 44.8 Å². The molecule has 7 heavy (non-hydrogen) atoms. The van der Waals surface area contributed by atoms with Crippen LogP contribution in [0.15, 0.2) is 0 Å². The second kappa shape index (κ2) is 1.66. The molecular weight excluding hydrogens is 105 g/mol. The van der Waals surface area contributed by atoms with E-state index in [9.17, 15) is 0 Å². The molecule has 1 saturated carbocycles. The van der Waals surface area contributed by atoms with Crippen molar-refractivity contribution in [3.63, 3.8) is 0 Å². The first-order valence-electron chi connectivity index (χ1n) is 2.17. The molecule has 0 heterocycles. The first-order valence-corrected chi connectivity index (χ1v) is 2.62. The van der Waals surface area contributed by atoms with Gasteiger partial charge in [-0.25, -0.2) is 0 Å². The number of nitriles is 1. The summed E-state index contributed by atoms with van der Waals surface area (Å²) in [6, 6.07) is 2.13. The zero-order valence-corrected chi connectivity index (χ0v) is 4.65. The molecule has 0 N–H and O–H groups in total. The van der Waals surface area contributed by atoms with Crippen LogP contribution in [0.2, 0.25) is 0 Å². The summed E-state index contributed by atoms with van der Waals surface area (Å²) in [7, 11) is 3.79. The van der Waals surface area contributed by atoms with E-state index in [-0.39, 0.29) is 5.92 Å². The van der Waals surface area contributed by atoms with Crippen molar-refractivity contribution >= 4 is 8.70 Å². The van der Waals surface area contributed by atoms with Gasteiger partial charge in [0.15, 0.2) is 0 Å². The van der Waals surface area contributed by atoms with Crippen molar-refractivity contribution in [1.29, 1.82) is 5.26 Å². The van der Waals surface area contributed by atoms with Crippen molar-refractivity contribution < 1.29 is 0 Å². The topological polar surface area (TPSA) is 23.8 Å². The monoisotopic (exact) mass is 109 g/mol. The zero-order chi connectivity index (χ0) is 5.28. The van der Waals surface area contributed by atoms with Gasteiger partial charge in [-0.2, -0.15) is 0 Å². The standard InChI is InChI=1S/C5H4NP/c6-2-4-1-5(4)3-7/h4-5H,1H2/t4-,5+/m0/s1. The second-order valence-electron chi connectivity index (χ2n) is 1.71. The quantitative estimate of drug-likeness (QED) is 0.432. The molecule has 1 aliphatic carbocycles. The van der Waals surface area contributed by atoms with E-state index in [2.05, 4.69) is 20.4 Å². The minimum atomic E-state index is 0.234. The van der Waals surface area contributed by atoms with E-state index in [1.807, 2.05) is 0 Å². The average Bonchev–Trinajstić information content (AvgIpc) is 2.43. The molecule has 1 nitrogen and oxygen atoms in total. The molecule has 1 fully saturated rings. The molecule has 0 radical (unpaired) electrons. The van der Waals surface area contributed by atoms with Crippen LogP contribution in [0.5, 0.6) is 0 Å². The summed E-state index contributed by atoms with van der Waals surface area (Å²) in [5.74, 6) is 0.603. The fourth-order valence-corrected chi connectivity index (χ4v) is 0.766. The van der Waals surface area contributed by atoms with E-state index in [4.69, 9.17) is 5.26 Å². The van der Waals surface area contributed by atoms with Gasteiger partial charge in [0, 0.05) is 0 Å². The van der Waals surface area contributed by atoms with E-state index < -0.39 is 0 Å². The first kappa shape index (κ1) is 4.85. The van der Waals surface area contributed by atoms with Gasteiger partial charge in [0.1, 0.15) is 0 Å². The number of hydrogen-bond donors (Lipinski definition) is 0. The van der Waals surface area contributed by atoms with E-state index in [1.165, 1.54) is 0 Å². The van der Waals surface area contributed by atoms with Gasteiger partial charge < -0.3 is 0 Å². The van der Waals surface area contributed by atoms with Crippen LogP contribution in [-0.2, 0) is 0 Å². The van der Waals surface area contributed by atoms with Gasteiger partial charge in [0.25, 0.3) is 0 Å². The molecule has 0 aliphatic heterocycles. The number of nitrogens with zero attached hydrogens (tertiary/aromatic N) is 1. The van der Waals surface area contributed by atoms with Gasteiger partial charge in [-0.15, -0.1) is 0 Å². The van der Waals surface area contributed by atoms with E-state index >= 15 is 0 Å². The van der Waals surface area contributed by atoms with E-state index in [1.54, 1.807) is 0 Å². The van der Waals surface area contributed by atoms with Gasteiger partial charge in [0.05, 0.1) is 0 Å². The van der Waals surface area contributed by atoms with Crippen molar-refractivity contribution in [1.82, 2.24) is 0 Å². The molecular formula is C5H4NP. The summed E-state index contributed by atoms with van der Waals surface area (Å²) in [5.41, 5.74) is 2.71. The maximum absolute atomic E-state index is 8.18. The average molecular weight is 109 g/mol. The predicted molar refractivity (Wildman–Crippen MR) is 28.0 cm³/mol. The van der Waals surface area contributed by atoms with Crippen LogP contribution in [0.25, 0.3) is 0 Å². The number of rotatable bonds is 0. The molecule has 2 heteroatoms. The van der Waals surface area contributed by atoms with Crippen LogP contribution >= 0.6 is 8.70 Å². The fourth-order valence-electron chi connectivity index (χ4n) is 0.480. The van der Waals surface area contributed by atoms with Crippen molar-refractivity contribution in [3.8, 4) is 11.7 Å². The van der Waals surface area contributed by atoms with Gasteiger partial charge in [-0.3, -0.25) is 0 Å². The summed E-state index contributed by atoms with van der Waals surface area (Å²) in [6.07, 6.45) is 0.972. The van der Waals surface area contributed by atoms with Gasteiger partial charge in [0.2, 0.25) is 0 Å². The molecule has 0 aromatic carbocycles. The summed E-state index contributed by atoms with van der Waals surface area (Å²) in [4.78, 5) is 0. The van der Waals surface area contributed by atoms with Crippen molar-refractivity contribution in [2.45, 2.75) is 6.42 Å².